The van der Waals surface area contributed by atoms with Crippen molar-refractivity contribution in [1.29, 1.82) is 0 Å². The number of aromatic nitrogens is 2. The highest BCUT2D eigenvalue weighted by Gasteiger charge is 2.01. The predicted octanol–water partition coefficient (Wildman–Crippen LogP) is 2.71. The fourth-order valence-corrected chi connectivity index (χ4v) is 2.03. The number of nitrogens with zero attached hydrogens (tertiary/aromatic N) is 2. The van der Waals surface area contributed by atoms with Gasteiger partial charge in [0.05, 0.1) is 5.69 Å². The van der Waals surface area contributed by atoms with Gasteiger partial charge in [0.2, 0.25) is 5.91 Å². The molecule has 1 aromatic heterocycles. The van der Waals surface area contributed by atoms with Gasteiger partial charge in [0, 0.05) is 29.3 Å². The summed E-state index contributed by atoms with van der Waals surface area (Å²) < 4.78 is 1.79. The second kappa shape index (κ2) is 5.50. The molecule has 5 heteroatoms. The Bertz CT molecular complexity index is 748. The molecule has 3 rings (SSSR count). The summed E-state index contributed by atoms with van der Waals surface area (Å²) in [6.45, 7) is 0. The number of carbonyl (C=O) groups excluding carboxylic acids is 1. The number of amides is 1. The zero-order valence-corrected chi connectivity index (χ0v) is 11.2. The van der Waals surface area contributed by atoms with Crippen molar-refractivity contribution < 1.29 is 4.79 Å². The number of rotatable bonds is 4. The predicted molar refractivity (Wildman–Crippen MR) is 81.8 cm³/mol. The van der Waals surface area contributed by atoms with E-state index in [0.717, 1.165) is 17.1 Å². The number of primary amides is 1. The number of nitrogens with one attached hydrogen (secondary N) is 1. The lowest BCUT2D eigenvalue weighted by Crippen LogP contribution is -2.10. The lowest BCUT2D eigenvalue weighted by molar-refractivity contribution is 0.100. The fourth-order valence-electron chi connectivity index (χ4n) is 2.03. The van der Waals surface area contributed by atoms with Crippen molar-refractivity contribution in [1.82, 2.24) is 9.78 Å². The van der Waals surface area contributed by atoms with E-state index in [0.29, 0.717) is 5.56 Å². The second-order valence-electron chi connectivity index (χ2n) is 4.57. The molecule has 0 spiro atoms. The van der Waals surface area contributed by atoms with Crippen LogP contribution in [-0.4, -0.2) is 15.7 Å². The van der Waals surface area contributed by atoms with Crippen LogP contribution in [0.4, 0.5) is 11.4 Å². The molecule has 0 fully saturated rings. The molecule has 3 N–H and O–H groups in total. The van der Waals surface area contributed by atoms with Gasteiger partial charge in [-0.2, -0.15) is 5.10 Å². The zero-order valence-electron chi connectivity index (χ0n) is 11.2. The topological polar surface area (TPSA) is 72.9 Å². The van der Waals surface area contributed by atoms with Crippen molar-refractivity contribution in [2.24, 2.45) is 5.73 Å². The van der Waals surface area contributed by atoms with E-state index < -0.39 is 5.91 Å². The Morgan fingerprint density at radius 1 is 1.05 bits per heavy atom. The Hall–Kier alpha value is -3.08. The number of nitrogens with two attached hydrogens (primary N) is 1. The number of hydrogen-bond donors (Lipinski definition) is 2. The summed E-state index contributed by atoms with van der Waals surface area (Å²) >= 11 is 0. The van der Waals surface area contributed by atoms with Crippen LogP contribution in [0.5, 0.6) is 0 Å². The smallest absolute Gasteiger partial charge is 0.248 e. The molecule has 3 aromatic rings. The van der Waals surface area contributed by atoms with Gasteiger partial charge < -0.3 is 11.1 Å². The first kappa shape index (κ1) is 12.9. The van der Waals surface area contributed by atoms with Crippen LogP contribution >= 0.6 is 0 Å². The molecule has 0 aliphatic heterocycles. The van der Waals surface area contributed by atoms with Crippen LogP contribution in [0, 0.1) is 0 Å². The molecule has 0 atom stereocenters. The van der Waals surface area contributed by atoms with Crippen molar-refractivity contribution in [3.05, 3.63) is 72.6 Å². The maximum Gasteiger partial charge on any atom is 0.248 e. The van der Waals surface area contributed by atoms with E-state index >= 15 is 0 Å². The lowest BCUT2D eigenvalue weighted by atomic mass is 10.2. The molecule has 0 radical (unpaired) electrons. The normalized spacial score (nSPS) is 10.3. The highest BCUT2D eigenvalue weighted by Crippen LogP contribution is 2.19. The molecule has 0 saturated carbocycles. The average Bonchev–Trinajstić information content (AvgIpc) is 3.02. The van der Waals surface area contributed by atoms with Gasteiger partial charge in [-0.15, -0.1) is 0 Å². The average molecular weight is 278 g/mol. The van der Waals surface area contributed by atoms with Gasteiger partial charge in [-0.25, -0.2) is 4.68 Å². The SMILES string of the molecule is NC(=O)c1ccc(Nc2cccc(-n3cccn3)c2)cc1. The minimum absolute atomic E-state index is 0.428. The van der Waals surface area contributed by atoms with Crippen LogP contribution in [0.1, 0.15) is 10.4 Å². The molecule has 21 heavy (non-hydrogen) atoms. The fraction of sp³-hybridized carbons (Fsp3) is 0. The summed E-state index contributed by atoms with van der Waals surface area (Å²) in [6, 6.07) is 16.8. The van der Waals surface area contributed by atoms with Gasteiger partial charge in [0.15, 0.2) is 0 Å². The van der Waals surface area contributed by atoms with Gasteiger partial charge in [-0.3, -0.25) is 4.79 Å². The van der Waals surface area contributed by atoms with Crippen molar-refractivity contribution in [3.8, 4) is 5.69 Å². The van der Waals surface area contributed by atoms with E-state index in [-0.39, 0.29) is 0 Å². The molecule has 1 amide bonds. The van der Waals surface area contributed by atoms with Crippen molar-refractivity contribution in [2.75, 3.05) is 5.32 Å². The van der Waals surface area contributed by atoms with E-state index in [1.165, 1.54) is 0 Å². The lowest BCUT2D eigenvalue weighted by Gasteiger charge is -2.09. The van der Waals surface area contributed by atoms with Crippen molar-refractivity contribution in [3.63, 3.8) is 0 Å². The van der Waals surface area contributed by atoms with Crippen LogP contribution in [-0.2, 0) is 0 Å². The Morgan fingerprint density at radius 2 is 1.86 bits per heavy atom. The van der Waals surface area contributed by atoms with Crippen LogP contribution in [0.25, 0.3) is 5.69 Å². The molecule has 0 bridgehead atoms. The molecule has 2 aromatic carbocycles. The molecule has 5 nitrogen and oxygen atoms in total. The number of anilines is 2. The maximum atomic E-state index is 11.0. The van der Waals surface area contributed by atoms with E-state index in [4.69, 9.17) is 5.73 Å². The first-order valence-electron chi connectivity index (χ1n) is 6.49. The van der Waals surface area contributed by atoms with Gasteiger partial charge >= 0.3 is 0 Å². The van der Waals surface area contributed by atoms with Crippen LogP contribution in [0.3, 0.4) is 0 Å². The number of hydrogen-bond acceptors (Lipinski definition) is 3. The third-order valence-corrected chi connectivity index (χ3v) is 3.07. The van der Waals surface area contributed by atoms with Crippen LogP contribution in [0.15, 0.2) is 67.0 Å². The van der Waals surface area contributed by atoms with Gasteiger partial charge in [0.25, 0.3) is 0 Å². The monoisotopic (exact) mass is 278 g/mol. The summed E-state index contributed by atoms with van der Waals surface area (Å²) in [4.78, 5) is 11.0. The quantitative estimate of drug-likeness (QED) is 0.770. The third kappa shape index (κ3) is 2.92. The summed E-state index contributed by atoms with van der Waals surface area (Å²) in [5.41, 5.74) is 8.51. The van der Waals surface area contributed by atoms with Gasteiger partial charge in [-0.1, -0.05) is 6.07 Å². The maximum absolute atomic E-state index is 11.0. The second-order valence-corrected chi connectivity index (χ2v) is 4.57. The molecular weight excluding hydrogens is 264 g/mol. The van der Waals surface area contributed by atoms with Crippen molar-refractivity contribution >= 4 is 17.3 Å². The highest BCUT2D eigenvalue weighted by molar-refractivity contribution is 5.93. The zero-order chi connectivity index (χ0) is 14.7. The molecule has 1 heterocycles. The Kier molecular flexibility index (Phi) is 3.39. The van der Waals surface area contributed by atoms with E-state index in [1.807, 2.05) is 48.7 Å². The summed E-state index contributed by atoms with van der Waals surface area (Å²) in [5, 5.41) is 7.48. The summed E-state index contributed by atoms with van der Waals surface area (Å²) in [5.74, 6) is -0.428. The Morgan fingerprint density at radius 3 is 2.52 bits per heavy atom. The highest BCUT2D eigenvalue weighted by atomic mass is 16.1. The standard InChI is InChI=1S/C16H14N4O/c17-16(21)12-5-7-13(8-6-12)19-14-3-1-4-15(11-14)20-10-2-9-18-20/h1-11,19H,(H2,17,21). The minimum atomic E-state index is -0.428. The molecule has 104 valence electrons. The molecule has 0 unspecified atom stereocenters. The van der Waals surface area contributed by atoms with Crippen LogP contribution < -0.4 is 11.1 Å². The molecular formula is C16H14N4O. The van der Waals surface area contributed by atoms with Gasteiger partial charge in [-0.05, 0) is 48.5 Å². The first-order valence-corrected chi connectivity index (χ1v) is 6.49. The minimum Gasteiger partial charge on any atom is -0.366 e. The third-order valence-electron chi connectivity index (χ3n) is 3.07. The first-order chi connectivity index (χ1) is 10.2. The number of benzene rings is 2. The number of carbonyl (C=O) groups is 1. The van der Waals surface area contributed by atoms with Crippen LogP contribution in [0.2, 0.25) is 0 Å². The van der Waals surface area contributed by atoms with E-state index in [2.05, 4.69) is 10.4 Å². The molecule has 0 saturated heterocycles. The Labute approximate surface area is 122 Å². The van der Waals surface area contributed by atoms with Crippen molar-refractivity contribution in [2.45, 2.75) is 0 Å². The van der Waals surface area contributed by atoms with E-state index in [9.17, 15) is 4.79 Å². The molecule has 0 aliphatic carbocycles. The summed E-state index contributed by atoms with van der Waals surface area (Å²) in [6.07, 6.45) is 3.63. The Balaban J connectivity index is 1.81. The van der Waals surface area contributed by atoms with Gasteiger partial charge in [0.1, 0.15) is 0 Å². The summed E-state index contributed by atoms with van der Waals surface area (Å²) in [7, 11) is 0. The largest absolute Gasteiger partial charge is 0.366 e. The van der Waals surface area contributed by atoms with E-state index in [1.54, 1.807) is 23.0 Å². The molecule has 0 aliphatic rings.